The van der Waals surface area contributed by atoms with Gasteiger partial charge in [-0.15, -0.1) is 0 Å². The molecule has 1 fully saturated rings. The smallest absolute Gasteiger partial charge is 0.211 e. The van der Waals surface area contributed by atoms with Gasteiger partial charge in [-0.05, 0) is 25.2 Å². The van der Waals surface area contributed by atoms with Crippen molar-refractivity contribution in [3.8, 4) is 0 Å². The summed E-state index contributed by atoms with van der Waals surface area (Å²) in [6.07, 6.45) is 4.70. The molecule has 0 amide bonds. The third-order valence-corrected chi connectivity index (χ3v) is 4.55. The summed E-state index contributed by atoms with van der Waals surface area (Å²) in [5.74, 6) is 0.630. The van der Waals surface area contributed by atoms with Gasteiger partial charge in [0.1, 0.15) is 0 Å². The molecule has 1 aliphatic carbocycles. The summed E-state index contributed by atoms with van der Waals surface area (Å²) in [7, 11) is -3.14. The van der Waals surface area contributed by atoms with E-state index in [2.05, 4.69) is 4.72 Å². The van der Waals surface area contributed by atoms with E-state index < -0.39 is 10.0 Å². The Morgan fingerprint density at radius 1 is 1.31 bits per heavy atom. The number of sulfonamides is 1. The van der Waals surface area contributed by atoms with Crippen molar-refractivity contribution in [3.63, 3.8) is 0 Å². The molecule has 16 heavy (non-hydrogen) atoms. The molecule has 3 N–H and O–H groups in total. The zero-order valence-corrected chi connectivity index (χ0v) is 11.1. The lowest BCUT2D eigenvalue weighted by Gasteiger charge is -2.29. The molecule has 0 bridgehead atoms. The van der Waals surface area contributed by atoms with Crippen LogP contribution in [0, 0.1) is 5.92 Å². The van der Waals surface area contributed by atoms with Crippen LogP contribution in [0.25, 0.3) is 0 Å². The highest BCUT2D eigenvalue weighted by Gasteiger charge is 2.25. The lowest BCUT2D eigenvalue weighted by Crippen LogP contribution is -2.49. The fourth-order valence-electron chi connectivity index (χ4n) is 1.99. The van der Waals surface area contributed by atoms with Crippen LogP contribution < -0.4 is 10.5 Å². The van der Waals surface area contributed by atoms with Gasteiger partial charge < -0.3 is 5.73 Å². The maximum atomic E-state index is 11.8. The van der Waals surface area contributed by atoms with E-state index >= 15 is 0 Å². The largest absolute Gasteiger partial charge is 0.326 e. The minimum absolute atomic E-state index is 0.0115. The normalized spacial score (nSPS) is 27.2. The van der Waals surface area contributed by atoms with Gasteiger partial charge in [-0.2, -0.15) is 0 Å². The Bertz CT molecular complexity index is 301. The summed E-state index contributed by atoms with van der Waals surface area (Å²) in [6, 6.07) is -0.0616. The summed E-state index contributed by atoms with van der Waals surface area (Å²) in [6.45, 7) is 4.06. The molecular weight excluding hydrogens is 224 g/mol. The van der Waals surface area contributed by atoms with Crippen LogP contribution in [0.15, 0.2) is 0 Å². The van der Waals surface area contributed by atoms with Crippen molar-refractivity contribution in [1.29, 1.82) is 0 Å². The fourth-order valence-corrected chi connectivity index (χ4v) is 3.64. The van der Waals surface area contributed by atoms with E-state index in [1.165, 1.54) is 0 Å². The highest BCUT2D eigenvalue weighted by molar-refractivity contribution is 7.89. The van der Waals surface area contributed by atoms with Crippen molar-refractivity contribution >= 4 is 10.0 Å². The quantitative estimate of drug-likeness (QED) is 0.768. The molecule has 0 radical (unpaired) electrons. The summed E-state index contributed by atoms with van der Waals surface area (Å²) < 4.78 is 26.3. The average molecular weight is 248 g/mol. The van der Waals surface area contributed by atoms with Gasteiger partial charge in [0.15, 0.2) is 0 Å². The van der Waals surface area contributed by atoms with Crippen molar-refractivity contribution in [2.45, 2.75) is 58.0 Å². The Morgan fingerprint density at radius 2 is 1.94 bits per heavy atom. The lowest BCUT2D eigenvalue weighted by atomic mass is 9.92. The molecule has 0 aromatic heterocycles. The van der Waals surface area contributed by atoms with E-state index in [0.29, 0.717) is 12.3 Å². The maximum Gasteiger partial charge on any atom is 0.211 e. The second-order valence-corrected chi connectivity index (χ2v) is 7.05. The summed E-state index contributed by atoms with van der Waals surface area (Å²) in [5, 5.41) is 0. The van der Waals surface area contributed by atoms with Gasteiger partial charge in [-0.1, -0.05) is 26.7 Å². The number of nitrogens with one attached hydrogen (secondary N) is 1. The highest BCUT2D eigenvalue weighted by Crippen LogP contribution is 2.17. The van der Waals surface area contributed by atoms with Crippen LogP contribution in [0.3, 0.4) is 0 Å². The third-order valence-electron chi connectivity index (χ3n) is 3.11. The van der Waals surface area contributed by atoms with Crippen molar-refractivity contribution in [3.05, 3.63) is 0 Å². The SMILES string of the molecule is CC(C)CCS(=O)(=O)N[C@@H]1CCCC[C@H]1N. The Labute approximate surface area is 99.0 Å². The zero-order chi connectivity index (χ0) is 12.2. The van der Waals surface area contributed by atoms with Gasteiger partial charge in [0.25, 0.3) is 0 Å². The Morgan fingerprint density at radius 3 is 2.50 bits per heavy atom. The second kappa shape index (κ2) is 5.98. The molecule has 0 heterocycles. The second-order valence-electron chi connectivity index (χ2n) is 5.17. The predicted molar refractivity (Wildman–Crippen MR) is 66.6 cm³/mol. The number of rotatable bonds is 5. The van der Waals surface area contributed by atoms with E-state index in [0.717, 1.165) is 25.7 Å². The van der Waals surface area contributed by atoms with E-state index in [-0.39, 0.29) is 17.8 Å². The maximum absolute atomic E-state index is 11.8. The number of hydrogen-bond acceptors (Lipinski definition) is 3. The predicted octanol–water partition coefficient (Wildman–Crippen LogP) is 1.22. The van der Waals surface area contributed by atoms with E-state index in [4.69, 9.17) is 5.73 Å². The molecule has 5 heteroatoms. The molecule has 2 atom stereocenters. The van der Waals surface area contributed by atoms with E-state index in [9.17, 15) is 8.42 Å². The molecule has 0 saturated heterocycles. The summed E-state index contributed by atoms with van der Waals surface area (Å²) in [5.41, 5.74) is 5.92. The first-order valence-corrected chi connectivity index (χ1v) is 7.81. The molecule has 96 valence electrons. The molecule has 0 aliphatic heterocycles. The van der Waals surface area contributed by atoms with Gasteiger partial charge >= 0.3 is 0 Å². The van der Waals surface area contributed by atoms with Crippen LogP contribution in [0.4, 0.5) is 0 Å². The lowest BCUT2D eigenvalue weighted by molar-refractivity contribution is 0.360. The van der Waals surface area contributed by atoms with Crippen LogP contribution in [-0.4, -0.2) is 26.3 Å². The number of nitrogens with two attached hydrogens (primary N) is 1. The molecule has 4 nitrogen and oxygen atoms in total. The molecule has 0 aromatic carbocycles. The average Bonchev–Trinajstić information content (AvgIpc) is 2.19. The molecule has 0 spiro atoms. The Kier molecular flexibility index (Phi) is 5.21. The molecule has 0 aromatic rings. The topological polar surface area (TPSA) is 72.2 Å². The van der Waals surface area contributed by atoms with Crippen LogP contribution in [0.1, 0.15) is 46.0 Å². The van der Waals surface area contributed by atoms with Gasteiger partial charge in [0.2, 0.25) is 10.0 Å². The van der Waals surface area contributed by atoms with Crippen LogP contribution in [0.2, 0.25) is 0 Å². The summed E-state index contributed by atoms with van der Waals surface area (Å²) >= 11 is 0. The van der Waals surface area contributed by atoms with Crippen molar-refractivity contribution in [2.75, 3.05) is 5.75 Å². The Balaban J connectivity index is 2.44. The van der Waals surface area contributed by atoms with Crippen LogP contribution in [-0.2, 0) is 10.0 Å². The Hall–Kier alpha value is -0.130. The standard InChI is InChI=1S/C11H24N2O2S/c1-9(2)7-8-16(14,15)13-11-6-4-3-5-10(11)12/h9-11,13H,3-8,12H2,1-2H3/t10-,11-/m1/s1. The molecule has 1 saturated carbocycles. The van der Waals surface area contributed by atoms with Crippen LogP contribution >= 0.6 is 0 Å². The van der Waals surface area contributed by atoms with Gasteiger partial charge in [0.05, 0.1) is 5.75 Å². The van der Waals surface area contributed by atoms with Gasteiger partial charge in [-0.25, -0.2) is 13.1 Å². The molecule has 0 unspecified atom stereocenters. The first-order valence-electron chi connectivity index (χ1n) is 6.16. The molecule has 1 aliphatic rings. The van der Waals surface area contributed by atoms with Gasteiger partial charge in [0, 0.05) is 12.1 Å². The number of hydrogen-bond donors (Lipinski definition) is 2. The summed E-state index contributed by atoms with van der Waals surface area (Å²) in [4.78, 5) is 0. The van der Waals surface area contributed by atoms with Crippen molar-refractivity contribution < 1.29 is 8.42 Å². The fraction of sp³-hybridized carbons (Fsp3) is 1.00. The van der Waals surface area contributed by atoms with Gasteiger partial charge in [-0.3, -0.25) is 0 Å². The minimum atomic E-state index is -3.14. The molecule has 1 rings (SSSR count). The van der Waals surface area contributed by atoms with E-state index in [1.54, 1.807) is 0 Å². The zero-order valence-electron chi connectivity index (χ0n) is 10.3. The minimum Gasteiger partial charge on any atom is -0.326 e. The van der Waals surface area contributed by atoms with Crippen molar-refractivity contribution in [1.82, 2.24) is 4.72 Å². The first kappa shape index (κ1) is 13.9. The van der Waals surface area contributed by atoms with E-state index in [1.807, 2.05) is 13.8 Å². The monoisotopic (exact) mass is 248 g/mol. The van der Waals surface area contributed by atoms with Crippen molar-refractivity contribution in [2.24, 2.45) is 11.7 Å². The highest BCUT2D eigenvalue weighted by atomic mass is 32.2. The van der Waals surface area contributed by atoms with Crippen LogP contribution in [0.5, 0.6) is 0 Å². The first-order chi connectivity index (χ1) is 7.41. The third kappa shape index (κ3) is 4.80. The molecular formula is C11H24N2O2S.